The number of ketones is 1. The van der Waals surface area contributed by atoms with Crippen LogP contribution in [0.2, 0.25) is 5.02 Å². The molecule has 1 aliphatic carbocycles. The van der Waals surface area contributed by atoms with Gasteiger partial charge in [0.2, 0.25) is 11.9 Å². The topological polar surface area (TPSA) is 97.1 Å². The Labute approximate surface area is 168 Å². The Balaban J connectivity index is 1.86. The SMILES string of the molecule is NC1=NC2(CCCCC2)N(c2ccc(Cl)cc2C(=O)c2ccccc2)C(N)=N1. The highest BCUT2D eigenvalue weighted by Gasteiger charge is 2.43. The highest BCUT2D eigenvalue weighted by Crippen LogP contribution is 2.41. The van der Waals surface area contributed by atoms with Gasteiger partial charge in [0.1, 0.15) is 5.66 Å². The van der Waals surface area contributed by atoms with Crippen molar-refractivity contribution in [3.8, 4) is 0 Å². The molecule has 1 spiro atoms. The molecule has 2 aromatic carbocycles. The highest BCUT2D eigenvalue weighted by molar-refractivity contribution is 6.31. The van der Waals surface area contributed by atoms with Gasteiger partial charge in [0.05, 0.1) is 5.69 Å². The van der Waals surface area contributed by atoms with Gasteiger partial charge in [-0.15, -0.1) is 0 Å². The van der Waals surface area contributed by atoms with Crippen LogP contribution in [0.25, 0.3) is 0 Å². The predicted octanol–water partition coefficient (Wildman–Crippen LogP) is 3.68. The monoisotopic (exact) mass is 395 g/mol. The van der Waals surface area contributed by atoms with Crippen LogP contribution in [0, 0.1) is 0 Å². The molecule has 144 valence electrons. The number of carbonyl (C=O) groups is 1. The highest BCUT2D eigenvalue weighted by atomic mass is 35.5. The molecule has 4 rings (SSSR count). The second-order valence-electron chi connectivity index (χ2n) is 7.18. The molecule has 1 heterocycles. The average molecular weight is 396 g/mol. The van der Waals surface area contributed by atoms with E-state index in [0.717, 1.165) is 32.1 Å². The fraction of sp³-hybridized carbons (Fsp3) is 0.286. The lowest BCUT2D eigenvalue weighted by Gasteiger charge is -2.46. The molecule has 4 N–H and O–H groups in total. The minimum absolute atomic E-state index is 0.126. The van der Waals surface area contributed by atoms with E-state index in [0.29, 0.717) is 21.8 Å². The number of carbonyl (C=O) groups excluding carboxylic acids is 1. The zero-order valence-electron chi connectivity index (χ0n) is 15.4. The number of hydrogen-bond acceptors (Lipinski definition) is 6. The maximum atomic E-state index is 13.3. The van der Waals surface area contributed by atoms with Gasteiger partial charge < -0.3 is 11.5 Å². The lowest BCUT2D eigenvalue weighted by atomic mass is 9.86. The van der Waals surface area contributed by atoms with Crippen LogP contribution in [-0.4, -0.2) is 23.4 Å². The molecule has 0 aromatic heterocycles. The molecular weight excluding hydrogens is 374 g/mol. The number of guanidine groups is 2. The molecule has 0 unspecified atom stereocenters. The maximum Gasteiger partial charge on any atom is 0.220 e. The van der Waals surface area contributed by atoms with Crippen molar-refractivity contribution in [3.63, 3.8) is 0 Å². The van der Waals surface area contributed by atoms with Crippen molar-refractivity contribution in [3.05, 3.63) is 64.7 Å². The predicted molar refractivity (Wildman–Crippen MR) is 113 cm³/mol. The van der Waals surface area contributed by atoms with Gasteiger partial charge in [-0.25, -0.2) is 4.99 Å². The normalized spacial score (nSPS) is 18.5. The summed E-state index contributed by atoms with van der Waals surface area (Å²) in [4.78, 5) is 24.0. The first kappa shape index (κ1) is 18.5. The Kier molecular flexibility index (Phi) is 4.81. The Morgan fingerprint density at radius 3 is 2.46 bits per heavy atom. The number of halogens is 1. The summed E-state index contributed by atoms with van der Waals surface area (Å²) in [5.74, 6) is 0.304. The number of anilines is 1. The maximum absolute atomic E-state index is 13.3. The van der Waals surface area contributed by atoms with Gasteiger partial charge in [-0.05, 0) is 43.9 Å². The van der Waals surface area contributed by atoms with E-state index < -0.39 is 5.66 Å². The fourth-order valence-corrected chi connectivity index (χ4v) is 4.27. The number of benzene rings is 2. The van der Waals surface area contributed by atoms with Gasteiger partial charge in [-0.3, -0.25) is 9.69 Å². The van der Waals surface area contributed by atoms with Gasteiger partial charge in [-0.2, -0.15) is 4.99 Å². The summed E-state index contributed by atoms with van der Waals surface area (Å²) in [5.41, 5.74) is 13.4. The molecule has 2 aliphatic rings. The third kappa shape index (κ3) is 3.24. The number of rotatable bonds is 3. The quantitative estimate of drug-likeness (QED) is 0.774. The van der Waals surface area contributed by atoms with Gasteiger partial charge >= 0.3 is 0 Å². The van der Waals surface area contributed by atoms with Crippen LogP contribution in [0.3, 0.4) is 0 Å². The molecular formula is C21H22ClN5O. The van der Waals surface area contributed by atoms with Crippen molar-refractivity contribution in [2.24, 2.45) is 21.5 Å². The Morgan fingerprint density at radius 2 is 1.75 bits per heavy atom. The van der Waals surface area contributed by atoms with E-state index in [9.17, 15) is 4.79 Å². The largest absolute Gasteiger partial charge is 0.369 e. The molecule has 2 aromatic rings. The van der Waals surface area contributed by atoms with Crippen molar-refractivity contribution in [1.82, 2.24) is 0 Å². The molecule has 1 saturated carbocycles. The zero-order chi connectivity index (χ0) is 19.7. The Bertz CT molecular complexity index is 964. The molecule has 28 heavy (non-hydrogen) atoms. The molecule has 0 bridgehead atoms. The minimum atomic E-state index is -0.617. The Hall–Kier alpha value is -2.86. The van der Waals surface area contributed by atoms with Gasteiger partial charge in [-0.1, -0.05) is 48.4 Å². The van der Waals surface area contributed by atoms with Crippen LogP contribution in [0.15, 0.2) is 58.5 Å². The van der Waals surface area contributed by atoms with Crippen molar-refractivity contribution in [2.75, 3.05) is 4.90 Å². The molecule has 0 atom stereocenters. The van der Waals surface area contributed by atoms with Crippen LogP contribution in [0.5, 0.6) is 0 Å². The first-order chi connectivity index (χ1) is 13.5. The number of nitrogens with two attached hydrogens (primary N) is 2. The molecule has 6 nitrogen and oxygen atoms in total. The minimum Gasteiger partial charge on any atom is -0.369 e. The van der Waals surface area contributed by atoms with Crippen LogP contribution in [0.1, 0.15) is 48.0 Å². The van der Waals surface area contributed by atoms with Gasteiger partial charge in [0, 0.05) is 16.1 Å². The van der Waals surface area contributed by atoms with E-state index in [1.807, 2.05) is 29.2 Å². The standard InChI is InChI=1S/C21H22ClN5O/c22-15-9-10-17(16(13-15)18(28)14-7-3-1-4-8-14)27-20(24)25-19(23)26-21(27)11-5-2-6-12-21/h1,3-4,7-10,13H,2,5-6,11-12H2,(H4,23,24,25,26). The summed E-state index contributed by atoms with van der Waals surface area (Å²) < 4.78 is 0. The van der Waals surface area contributed by atoms with Crippen molar-refractivity contribution in [2.45, 2.75) is 37.8 Å². The van der Waals surface area contributed by atoms with Crippen LogP contribution < -0.4 is 16.4 Å². The van der Waals surface area contributed by atoms with E-state index in [4.69, 9.17) is 23.1 Å². The summed E-state index contributed by atoms with van der Waals surface area (Å²) in [6.07, 6.45) is 4.75. The lowest BCUT2D eigenvalue weighted by molar-refractivity contribution is 0.103. The van der Waals surface area contributed by atoms with Gasteiger partial charge in [0.15, 0.2) is 5.78 Å². The van der Waals surface area contributed by atoms with Crippen molar-refractivity contribution >= 4 is 35.0 Å². The number of aliphatic imine (C=N–C) groups is 2. The number of nitrogens with zero attached hydrogens (tertiary/aromatic N) is 3. The summed E-state index contributed by atoms with van der Waals surface area (Å²) in [7, 11) is 0. The molecule has 1 fully saturated rings. The first-order valence-electron chi connectivity index (χ1n) is 9.39. The van der Waals surface area contributed by atoms with E-state index in [1.165, 1.54) is 0 Å². The third-order valence-electron chi connectivity index (χ3n) is 5.33. The zero-order valence-corrected chi connectivity index (χ0v) is 16.2. The number of hydrogen-bond donors (Lipinski definition) is 2. The molecule has 0 radical (unpaired) electrons. The van der Waals surface area contributed by atoms with E-state index >= 15 is 0 Å². The Morgan fingerprint density at radius 1 is 1.04 bits per heavy atom. The van der Waals surface area contributed by atoms with Crippen molar-refractivity contribution in [1.29, 1.82) is 0 Å². The van der Waals surface area contributed by atoms with Crippen LogP contribution >= 0.6 is 11.6 Å². The van der Waals surface area contributed by atoms with Crippen LogP contribution in [0.4, 0.5) is 5.69 Å². The van der Waals surface area contributed by atoms with Crippen LogP contribution in [-0.2, 0) is 0 Å². The second-order valence-corrected chi connectivity index (χ2v) is 7.61. The molecule has 7 heteroatoms. The molecule has 1 aliphatic heterocycles. The average Bonchev–Trinajstić information content (AvgIpc) is 2.69. The molecule has 0 saturated heterocycles. The second kappa shape index (κ2) is 7.28. The van der Waals surface area contributed by atoms with Gasteiger partial charge in [0.25, 0.3) is 0 Å². The molecule has 0 amide bonds. The smallest absolute Gasteiger partial charge is 0.220 e. The fourth-order valence-electron chi connectivity index (χ4n) is 4.10. The first-order valence-corrected chi connectivity index (χ1v) is 9.77. The lowest BCUT2D eigenvalue weighted by Crippen LogP contribution is -2.58. The van der Waals surface area contributed by atoms with E-state index in [-0.39, 0.29) is 17.7 Å². The summed E-state index contributed by atoms with van der Waals surface area (Å²) in [6.45, 7) is 0. The summed E-state index contributed by atoms with van der Waals surface area (Å²) in [5, 5.41) is 0.483. The van der Waals surface area contributed by atoms with Crippen molar-refractivity contribution < 1.29 is 4.79 Å². The van der Waals surface area contributed by atoms with E-state index in [2.05, 4.69) is 9.98 Å². The third-order valence-corrected chi connectivity index (χ3v) is 5.57. The summed E-state index contributed by atoms with van der Waals surface area (Å²) in [6, 6.07) is 14.4. The summed E-state index contributed by atoms with van der Waals surface area (Å²) >= 11 is 6.24. The van der Waals surface area contributed by atoms with E-state index in [1.54, 1.807) is 24.3 Å².